The predicted molar refractivity (Wildman–Crippen MR) is 93.8 cm³/mol. The summed E-state index contributed by atoms with van der Waals surface area (Å²) in [6.45, 7) is 0.639. The number of aromatic carboxylic acids is 1. The molecule has 0 amide bonds. The second-order valence-corrected chi connectivity index (χ2v) is 6.33. The highest BCUT2D eigenvalue weighted by atomic mass is 19.2. The van der Waals surface area contributed by atoms with Crippen LogP contribution in [0, 0.1) is 17.5 Å². The third-order valence-electron chi connectivity index (χ3n) is 4.07. The molecular weight excluding hydrogens is 361 g/mol. The van der Waals surface area contributed by atoms with Crippen LogP contribution in [0.1, 0.15) is 15.9 Å². The number of carbonyl (C=O) groups is 1. The number of carboxylic acid groups (broad SMARTS) is 1. The minimum absolute atomic E-state index is 0.301. The van der Waals surface area contributed by atoms with Crippen molar-refractivity contribution < 1.29 is 23.1 Å². The van der Waals surface area contributed by atoms with Crippen molar-refractivity contribution in [3.8, 4) is 5.69 Å². The number of fused-ring (bicyclic) bond motifs is 1. The van der Waals surface area contributed by atoms with Gasteiger partial charge in [-0.2, -0.15) is 0 Å². The summed E-state index contributed by atoms with van der Waals surface area (Å²) in [5.74, 6) is -6.41. The summed E-state index contributed by atoms with van der Waals surface area (Å²) in [5, 5.41) is 8.70. The molecule has 1 N–H and O–H groups in total. The van der Waals surface area contributed by atoms with E-state index in [1.807, 2.05) is 19.0 Å². The molecule has 0 radical (unpaired) electrons. The Kier molecular flexibility index (Phi) is 4.75. The Hall–Kier alpha value is -3.13. The molecule has 2 aromatic carbocycles. The predicted octanol–water partition coefficient (Wildman–Crippen LogP) is 3.17. The zero-order valence-corrected chi connectivity index (χ0v) is 14.5. The van der Waals surface area contributed by atoms with Crippen LogP contribution in [0.2, 0.25) is 0 Å². The summed E-state index contributed by atoms with van der Waals surface area (Å²) in [4.78, 5) is 25.6. The molecule has 0 aliphatic carbocycles. The van der Waals surface area contributed by atoms with Gasteiger partial charge in [-0.3, -0.25) is 4.79 Å². The number of hydrogen-bond donors (Lipinski definition) is 1. The van der Waals surface area contributed by atoms with Crippen LogP contribution in [-0.2, 0) is 6.54 Å². The fraction of sp³-hybridized carbons (Fsp3) is 0.158. The smallest absolute Gasteiger partial charge is 0.341 e. The van der Waals surface area contributed by atoms with E-state index in [-0.39, 0.29) is 0 Å². The topological polar surface area (TPSA) is 62.5 Å². The van der Waals surface area contributed by atoms with Gasteiger partial charge < -0.3 is 14.6 Å². The fourth-order valence-electron chi connectivity index (χ4n) is 2.87. The van der Waals surface area contributed by atoms with Gasteiger partial charge in [-0.25, -0.2) is 18.0 Å². The van der Waals surface area contributed by atoms with Crippen LogP contribution >= 0.6 is 0 Å². The number of benzene rings is 2. The molecule has 27 heavy (non-hydrogen) atoms. The van der Waals surface area contributed by atoms with Crippen LogP contribution < -0.4 is 5.43 Å². The molecule has 0 saturated carbocycles. The average Bonchev–Trinajstić information content (AvgIpc) is 2.60. The van der Waals surface area contributed by atoms with Crippen LogP contribution in [0.15, 0.2) is 41.3 Å². The van der Waals surface area contributed by atoms with Crippen LogP contribution in [0.5, 0.6) is 0 Å². The monoisotopic (exact) mass is 376 g/mol. The molecule has 1 aromatic heterocycles. The lowest BCUT2D eigenvalue weighted by molar-refractivity contribution is 0.0695. The number of pyridine rings is 1. The van der Waals surface area contributed by atoms with Gasteiger partial charge in [-0.15, -0.1) is 0 Å². The van der Waals surface area contributed by atoms with Gasteiger partial charge in [-0.05, 0) is 37.9 Å². The minimum Gasteiger partial charge on any atom is -0.477 e. The van der Waals surface area contributed by atoms with E-state index in [0.717, 1.165) is 16.3 Å². The molecule has 0 fully saturated rings. The Labute approximate surface area is 151 Å². The van der Waals surface area contributed by atoms with E-state index in [1.165, 1.54) is 0 Å². The van der Waals surface area contributed by atoms with Gasteiger partial charge in [0.1, 0.15) is 5.56 Å². The largest absolute Gasteiger partial charge is 0.477 e. The number of carboxylic acids is 1. The lowest BCUT2D eigenvalue weighted by Crippen LogP contribution is -2.20. The summed E-state index contributed by atoms with van der Waals surface area (Å²) in [6, 6.07) is 7.14. The van der Waals surface area contributed by atoms with Crippen molar-refractivity contribution >= 4 is 16.9 Å². The third-order valence-corrected chi connectivity index (χ3v) is 4.07. The molecule has 0 aliphatic rings. The zero-order chi connectivity index (χ0) is 19.9. The highest BCUT2D eigenvalue weighted by molar-refractivity contribution is 5.93. The summed E-state index contributed by atoms with van der Waals surface area (Å²) < 4.78 is 42.9. The number of nitrogens with zero attached hydrogens (tertiary/aromatic N) is 2. The lowest BCUT2D eigenvalue weighted by atomic mass is 10.1. The SMILES string of the molecule is CN(C)Cc1ccc(-n2cc(C(=O)O)c(=O)c3cc(F)c(F)c(F)c32)cc1. The van der Waals surface area contributed by atoms with E-state index < -0.39 is 45.3 Å². The number of halogens is 3. The van der Waals surface area contributed by atoms with Gasteiger partial charge in [0.25, 0.3) is 0 Å². The molecule has 3 rings (SSSR count). The Morgan fingerprint density at radius 3 is 2.30 bits per heavy atom. The van der Waals surface area contributed by atoms with E-state index in [2.05, 4.69) is 0 Å². The fourth-order valence-corrected chi connectivity index (χ4v) is 2.87. The molecule has 0 bridgehead atoms. The van der Waals surface area contributed by atoms with Crippen LogP contribution in [0.3, 0.4) is 0 Å². The van der Waals surface area contributed by atoms with Crippen molar-refractivity contribution in [3.63, 3.8) is 0 Å². The van der Waals surface area contributed by atoms with Crippen molar-refractivity contribution in [1.82, 2.24) is 9.47 Å². The maximum absolute atomic E-state index is 14.4. The molecule has 1 heterocycles. The zero-order valence-electron chi connectivity index (χ0n) is 14.5. The molecule has 3 aromatic rings. The van der Waals surface area contributed by atoms with Crippen LogP contribution in [0.4, 0.5) is 13.2 Å². The maximum atomic E-state index is 14.4. The molecule has 0 atom stereocenters. The first kappa shape index (κ1) is 18.7. The molecular formula is C19H15F3N2O3. The van der Waals surface area contributed by atoms with Crippen molar-refractivity contribution in [1.29, 1.82) is 0 Å². The number of hydrogen-bond acceptors (Lipinski definition) is 3. The van der Waals surface area contributed by atoms with Crippen molar-refractivity contribution in [2.24, 2.45) is 0 Å². The summed E-state index contributed by atoms with van der Waals surface area (Å²) in [5.41, 5.74) is -1.05. The first-order valence-corrected chi connectivity index (χ1v) is 7.91. The van der Waals surface area contributed by atoms with Gasteiger partial charge in [-0.1, -0.05) is 12.1 Å². The quantitative estimate of drug-likeness (QED) is 0.711. The molecule has 5 nitrogen and oxygen atoms in total. The van der Waals surface area contributed by atoms with E-state index in [1.54, 1.807) is 24.3 Å². The number of aromatic nitrogens is 1. The van der Waals surface area contributed by atoms with E-state index in [9.17, 15) is 27.9 Å². The lowest BCUT2D eigenvalue weighted by Gasteiger charge is -2.15. The normalized spacial score (nSPS) is 11.3. The first-order valence-electron chi connectivity index (χ1n) is 7.91. The van der Waals surface area contributed by atoms with Crippen molar-refractivity contribution in [2.45, 2.75) is 6.54 Å². The Balaban J connectivity index is 2.34. The van der Waals surface area contributed by atoms with Gasteiger partial charge in [0.2, 0.25) is 5.43 Å². The van der Waals surface area contributed by atoms with E-state index >= 15 is 0 Å². The van der Waals surface area contributed by atoms with E-state index in [0.29, 0.717) is 18.3 Å². The van der Waals surface area contributed by atoms with E-state index in [4.69, 9.17) is 0 Å². The highest BCUT2D eigenvalue weighted by Crippen LogP contribution is 2.25. The highest BCUT2D eigenvalue weighted by Gasteiger charge is 2.22. The second-order valence-electron chi connectivity index (χ2n) is 6.33. The first-order chi connectivity index (χ1) is 12.7. The summed E-state index contributed by atoms with van der Waals surface area (Å²) in [6.07, 6.45) is 0.911. The molecule has 8 heteroatoms. The summed E-state index contributed by atoms with van der Waals surface area (Å²) >= 11 is 0. The Bertz CT molecular complexity index is 1110. The molecule has 0 spiro atoms. The van der Waals surface area contributed by atoms with Gasteiger partial charge in [0, 0.05) is 18.4 Å². The molecule has 0 unspecified atom stereocenters. The van der Waals surface area contributed by atoms with Crippen molar-refractivity contribution in [2.75, 3.05) is 14.1 Å². The minimum atomic E-state index is -1.73. The number of rotatable bonds is 4. The van der Waals surface area contributed by atoms with Crippen molar-refractivity contribution in [3.05, 3.63) is 75.3 Å². The molecule has 0 aliphatic heterocycles. The van der Waals surface area contributed by atoms with Crippen LogP contribution in [-0.4, -0.2) is 34.6 Å². The third kappa shape index (κ3) is 3.31. The van der Waals surface area contributed by atoms with Crippen LogP contribution in [0.25, 0.3) is 16.6 Å². The summed E-state index contributed by atoms with van der Waals surface area (Å²) in [7, 11) is 3.77. The average molecular weight is 376 g/mol. The second kappa shape index (κ2) is 6.88. The Morgan fingerprint density at radius 1 is 1.11 bits per heavy atom. The molecule has 140 valence electrons. The maximum Gasteiger partial charge on any atom is 0.341 e. The van der Waals surface area contributed by atoms with Gasteiger partial charge in [0.15, 0.2) is 17.5 Å². The standard InChI is InChI=1S/C19H15F3N2O3/c1-23(2)8-10-3-5-11(6-4-10)24-9-13(19(26)27)18(25)12-7-14(20)15(21)16(22)17(12)24/h3-7,9H,8H2,1-2H3,(H,26,27). The molecule has 0 saturated heterocycles. The van der Waals surface area contributed by atoms with Gasteiger partial charge in [0.05, 0.1) is 10.9 Å². The Morgan fingerprint density at radius 2 is 1.74 bits per heavy atom. The van der Waals surface area contributed by atoms with Gasteiger partial charge >= 0.3 is 5.97 Å².